The quantitative estimate of drug-likeness (QED) is 0.153. The number of unbranched alkanes of at least 4 members (excludes halogenated alkanes) is 4. The van der Waals surface area contributed by atoms with Gasteiger partial charge in [-0.2, -0.15) is 8.93 Å². The van der Waals surface area contributed by atoms with Crippen LogP contribution in [0.3, 0.4) is 0 Å². The van der Waals surface area contributed by atoms with E-state index in [0.717, 1.165) is 25.7 Å². The summed E-state index contributed by atoms with van der Waals surface area (Å²) in [6.45, 7) is 0.401. The van der Waals surface area contributed by atoms with Crippen molar-refractivity contribution < 1.29 is 23.1 Å². The zero-order chi connectivity index (χ0) is 21.5. The summed E-state index contributed by atoms with van der Waals surface area (Å²) in [5.41, 5.74) is 10.5. The first kappa shape index (κ1) is 24.4. The second-order valence-electron chi connectivity index (χ2n) is 6.27. The Morgan fingerprint density at radius 2 is 1.76 bits per heavy atom. The molecule has 0 aliphatic carbocycles. The molecule has 162 valence electrons. The summed E-state index contributed by atoms with van der Waals surface area (Å²) in [5.74, 6) is -1.07. The average Bonchev–Trinajstić information content (AvgIpc) is 2.67. The number of benzene rings is 1. The number of aliphatic imine (C=N–C) groups is 1. The number of nitrogens with two attached hydrogens (primary N) is 2. The molecule has 0 aromatic heterocycles. The van der Waals surface area contributed by atoms with Crippen molar-refractivity contribution in [3.63, 3.8) is 0 Å². The van der Waals surface area contributed by atoms with E-state index >= 15 is 0 Å². The van der Waals surface area contributed by atoms with E-state index in [9.17, 15) is 18.9 Å². The molecule has 2 unspecified atom stereocenters. The normalized spacial score (nSPS) is 12.6. The minimum atomic E-state index is -2.06. The molecule has 0 aliphatic heterocycles. The van der Waals surface area contributed by atoms with Crippen LogP contribution in [0.25, 0.3) is 0 Å². The molecule has 2 atom stereocenters. The van der Waals surface area contributed by atoms with Gasteiger partial charge in [-0.1, -0.05) is 37.5 Å². The molecule has 0 radical (unpaired) electrons. The SMILES string of the molecule is NC(N)=NCCCCCCCC(=O)NCC(NS(=O)Oc1ccccc1)C(=O)O. The monoisotopic (exact) mass is 427 g/mol. The Morgan fingerprint density at radius 1 is 1.10 bits per heavy atom. The molecular weight excluding hydrogens is 398 g/mol. The number of carbonyl (C=O) groups excluding carboxylic acids is 1. The number of carbonyl (C=O) groups is 2. The van der Waals surface area contributed by atoms with E-state index in [2.05, 4.69) is 15.0 Å². The number of guanidine groups is 1. The molecule has 0 bridgehead atoms. The Morgan fingerprint density at radius 3 is 2.41 bits per heavy atom. The summed E-state index contributed by atoms with van der Waals surface area (Å²) in [4.78, 5) is 27.1. The van der Waals surface area contributed by atoms with E-state index in [1.54, 1.807) is 30.3 Å². The number of rotatable bonds is 15. The lowest BCUT2D eigenvalue weighted by Crippen LogP contribution is -2.47. The fourth-order valence-electron chi connectivity index (χ4n) is 2.32. The Bertz CT molecular complexity index is 682. The summed E-state index contributed by atoms with van der Waals surface area (Å²) in [7, 11) is 0. The van der Waals surface area contributed by atoms with Gasteiger partial charge < -0.3 is 26.1 Å². The van der Waals surface area contributed by atoms with E-state index in [1.165, 1.54) is 0 Å². The zero-order valence-electron chi connectivity index (χ0n) is 16.2. The number of aliphatic carboxylic acids is 1. The minimum Gasteiger partial charge on any atom is -0.480 e. The standard InChI is InChI=1S/C18H29N5O5S/c19-18(20)21-12-8-3-1-2-7-11-16(24)22-13-15(17(25)26)23-29(27)28-14-9-5-4-6-10-14/h4-6,9-10,15,23H,1-3,7-8,11-13H2,(H,22,24)(H,25,26)(H4,19,20,21). The van der Waals surface area contributed by atoms with Crippen LogP contribution >= 0.6 is 0 Å². The Hall–Kier alpha value is -2.66. The van der Waals surface area contributed by atoms with Crippen molar-refractivity contribution >= 4 is 29.1 Å². The largest absolute Gasteiger partial charge is 0.480 e. The lowest BCUT2D eigenvalue weighted by atomic mass is 10.1. The average molecular weight is 428 g/mol. The minimum absolute atomic E-state index is 0.0892. The summed E-state index contributed by atoms with van der Waals surface area (Å²) < 4.78 is 19.3. The molecule has 0 saturated heterocycles. The van der Waals surface area contributed by atoms with Crippen LogP contribution in [0.5, 0.6) is 5.75 Å². The van der Waals surface area contributed by atoms with Gasteiger partial charge in [-0.15, -0.1) is 0 Å². The third-order valence-electron chi connectivity index (χ3n) is 3.81. The molecule has 7 N–H and O–H groups in total. The highest BCUT2D eigenvalue weighted by molar-refractivity contribution is 7.78. The van der Waals surface area contributed by atoms with Crippen molar-refractivity contribution in [3.05, 3.63) is 30.3 Å². The van der Waals surface area contributed by atoms with E-state index < -0.39 is 23.3 Å². The number of hydrogen-bond donors (Lipinski definition) is 5. The van der Waals surface area contributed by atoms with Gasteiger partial charge in [-0.3, -0.25) is 14.6 Å². The number of carboxylic acids is 1. The first-order valence-corrected chi connectivity index (χ1v) is 10.4. The molecule has 0 spiro atoms. The van der Waals surface area contributed by atoms with E-state index in [4.69, 9.17) is 15.7 Å². The molecule has 1 amide bonds. The van der Waals surface area contributed by atoms with Crippen LogP contribution in [0.1, 0.15) is 38.5 Å². The van der Waals surface area contributed by atoms with Crippen LogP contribution in [-0.4, -0.2) is 46.3 Å². The summed E-state index contributed by atoms with van der Waals surface area (Å²) in [5, 5.41) is 11.8. The van der Waals surface area contributed by atoms with Crippen LogP contribution in [0.15, 0.2) is 35.3 Å². The van der Waals surface area contributed by atoms with Gasteiger partial charge >= 0.3 is 5.97 Å². The van der Waals surface area contributed by atoms with E-state index in [1.807, 2.05) is 0 Å². The van der Waals surface area contributed by atoms with Gasteiger partial charge in [0.1, 0.15) is 11.8 Å². The third kappa shape index (κ3) is 12.4. The Kier molecular flexibility index (Phi) is 12.1. The first-order valence-electron chi connectivity index (χ1n) is 9.34. The molecule has 1 aromatic carbocycles. The van der Waals surface area contributed by atoms with Gasteiger partial charge in [0.05, 0.1) is 0 Å². The summed E-state index contributed by atoms with van der Waals surface area (Å²) >= 11 is -2.06. The molecule has 11 heteroatoms. The van der Waals surface area contributed by atoms with Crippen LogP contribution in [0.2, 0.25) is 0 Å². The lowest BCUT2D eigenvalue weighted by Gasteiger charge is -2.14. The number of hydrogen-bond acceptors (Lipinski definition) is 5. The van der Waals surface area contributed by atoms with Crippen LogP contribution in [0.4, 0.5) is 0 Å². The summed E-state index contributed by atoms with van der Waals surface area (Å²) in [6, 6.07) is 7.12. The van der Waals surface area contributed by atoms with Gasteiger partial charge in [-0.25, -0.2) is 0 Å². The fraction of sp³-hybridized carbons (Fsp3) is 0.500. The number of nitrogens with zero attached hydrogens (tertiary/aromatic N) is 1. The Labute approximate surface area is 172 Å². The third-order valence-corrected chi connectivity index (χ3v) is 4.63. The fourth-order valence-corrected chi connectivity index (χ4v) is 3.07. The molecule has 0 aliphatic rings. The molecule has 1 aromatic rings. The lowest BCUT2D eigenvalue weighted by molar-refractivity contribution is -0.138. The van der Waals surface area contributed by atoms with Gasteiger partial charge in [-0.05, 0) is 25.0 Å². The van der Waals surface area contributed by atoms with Crippen molar-refractivity contribution in [2.75, 3.05) is 13.1 Å². The van der Waals surface area contributed by atoms with Crippen molar-refractivity contribution in [2.24, 2.45) is 16.5 Å². The van der Waals surface area contributed by atoms with Gasteiger partial charge in [0, 0.05) is 19.5 Å². The maximum Gasteiger partial charge on any atom is 0.323 e. The predicted molar refractivity (Wildman–Crippen MR) is 111 cm³/mol. The number of nitrogens with one attached hydrogen (secondary N) is 2. The van der Waals surface area contributed by atoms with Crippen LogP contribution in [0, 0.1) is 0 Å². The van der Waals surface area contributed by atoms with Crippen LogP contribution < -0.4 is 25.7 Å². The van der Waals surface area contributed by atoms with Crippen molar-refractivity contribution in [3.8, 4) is 5.75 Å². The smallest absolute Gasteiger partial charge is 0.323 e. The highest BCUT2D eigenvalue weighted by atomic mass is 32.2. The second-order valence-corrected chi connectivity index (χ2v) is 7.14. The number of amides is 1. The summed E-state index contributed by atoms with van der Waals surface area (Å²) in [6.07, 6.45) is 4.69. The molecule has 29 heavy (non-hydrogen) atoms. The maximum absolute atomic E-state index is 11.9. The van der Waals surface area contributed by atoms with Gasteiger partial charge in [0.25, 0.3) is 11.3 Å². The van der Waals surface area contributed by atoms with Crippen molar-refractivity contribution in [1.29, 1.82) is 0 Å². The molecule has 0 saturated carbocycles. The van der Waals surface area contributed by atoms with Crippen LogP contribution in [-0.2, 0) is 20.9 Å². The van der Waals surface area contributed by atoms with Gasteiger partial charge in [0.2, 0.25) is 5.91 Å². The molecule has 10 nitrogen and oxygen atoms in total. The Balaban J connectivity index is 2.20. The first-order chi connectivity index (χ1) is 13.9. The molecule has 0 heterocycles. The maximum atomic E-state index is 11.9. The van der Waals surface area contributed by atoms with Crippen molar-refractivity contribution in [1.82, 2.24) is 10.0 Å². The zero-order valence-corrected chi connectivity index (χ0v) is 17.0. The van der Waals surface area contributed by atoms with E-state index in [0.29, 0.717) is 25.1 Å². The highest BCUT2D eigenvalue weighted by Gasteiger charge is 2.21. The molecular formula is C18H29N5O5S. The number of carboxylic acid groups (broad SMARTS) is 1. The second kappa shape index (κ2) is 14.4. The van der Waals surface area contributed by atoms with Gasteiger partial charge in [0.15, 0.2) is 5.96 Å². The van der Waals surface area contributed by atoms with Crippen molar-refractivity contribution in [2.45, 2.75) is 44.6 Å². The predicted octanol–water partition coefficient (Wildman–Crippen LogP) is 0.417. The van der Waals surface area contributed by atoms with E-state index in [-0.39, 0.29) is 18.4 Å². The highest BCUT2D eigenvalue weighted by Crippen LogP contribution is 2.09. The molecule has 0 fully saturated rings. The number of para-hydroxylation sites is 1. The topological polar surface area (TPSA) is 169 Å². The molecule has 1 rings (SSSR count).